The maximum absolute atomic E-state index is 14.2. The minimum Gasteiger partial charge on any atom is -0.350 e. The Bertz CT molecular complexity index is 1480. The lowest BCUT2D eigenvalue weighted by molar-refractivity contribution is -0.141. The fraction of sp³-hybridized carbons (Fsp3) is 0.375. The van der Waals surface area contributed by atoms with Crippen molar-refractivity contribution in [2.24, 2.45) is 0 Å². The number of nitrogens with one attached hydrogen (secondary N) is 1. The number of nitrogens with zero attached hydrogens (tertiary/aromatic N) is 2. The number of anilines is 1. The zero-order valence-electron chi connectivity index (χ0n) is 24.9. The van der Waals surface area contributed by atoms with Gasteiger partial charge < -0.3 is 10.2 Å². The summed E-state index contributed by atoms with van der Waals surface area (Å²) in [6.07, 6.45) is 0.354. The molecule has 220 valence electrons. The molecular formula is C32H40ClN3O4S. The van der Waals surface area contributed by atoms with Crippen LogP contribution < -0.4 is 9.62 Å². The number of amides is 2. The molecule has 1 unspecified atom stereocenters. The molecule has 0 saturated heterocycles. The summed E-state index contributed by atoms with van der Waals surface area (Å²) in [4.78, 5) is 29.1. The van der Waals surface area contributed by atoms with Gasteiger partial charge in [0, 0.05) is 17.1 Å². The summed E-state index contributed by atoms with van der Waals surface area (Å²) < 4.78 is 29.1. The standard InChI is InChI=1S/C32H40ClN3O4S/c1-8-29(31(38)34-32(5,6)7)35(20-25-12-9-22(2)10-13-25)30(37)21-36(27-16-11-23(3)24(4)19-27)41(39,40)28-17-14-26(33)15-18-28/h9-19,29H,8,20-21H2,1-7H3,(H,34,38). The van der Waals surface area contributed by atoms with Crippen LogP contribution in [-0.4, -0.2) is 43.3 Å². The van der Waals surface area contributed by atoms with Crippen LogP contribution in [-0.2, 0) is 26.2 Å². The van der Waals surface area contributed by atoms with Gasteiger partial charge in [0.15, 0.2) is 0 Å². The minimum atomic E-state index is -4.16. The van der Waals surface area contributed by atoms with Crippen LogP contribution >= 0.6 is 11.6 Å². The molecule has 0 heterocycles. The lowest BCUT2D eigenvalue weighted by atomic mass is 10.1. The van der Waals surface area contributed by atoms with Crippen LogP contribution in [0.1, 0.15) is 56.4 Å². The maximum Gasteiger partial charge on any atom is 0.264 e. The van der Waals surface area contributed by atoms with Crippen molar-refractivity contribution in [1.29, 1.82) is 0 Å². The van der Waals surface area contributed by atoms with E-state index in [4.69, 9.17) is 11.6 Å². The molecule has 9 heteroatoms. The van der Waals surface area contributed by atoms with E-state index >= 15 is 0 Å². The molecule has 0 bridgehead atoms. The molecule has 41 heavy (non-hydrogen) atoms. The highest BCUT2D eigenvalue weighted by atomic mass is 35.5. The third kappa shape index (κ3) is 8.33. The van der Waals surface area contributed by atoms with Crippen molar-refractivity contribution in [3.05, 3.63) is 94.0 Å². The van der Waals surface area contributed by atoms with Crippen LogP contribution in [0.5, 0.6) is 0 Å². The van der Waals surface area contributed by atoms with Crippen molar-refractivity contribution in [2.45, 2.75) is 77.9 Å². The Morgan fingerprint density at radius 2 is 1.51 bits per heavy atom. The van der Waals surface area contributed by atoms with Gasteiger partial charge in [0.2, 0.25) is 11.8 Å². The molecule has 0 spiro atoms. The molecule has 0 saturated carbocycles. The first-order valence-electron chi connectivity index (χ1n) is 13.6. The minimum absolute atomic E-state index is 0.00975. The molecule has 3 aromatic carbocycles. The first-order valence-corrected chi connectivity index (χ1v) is 15.5. The maximum atomic E-state index is 14.2. The Labute approximate surface area is 249 Å². The van der Waals surface area contributed by atoms with Gasteiger partial charge in [-0.15, -0.1) is 0 Å². The third-order valence-electron chi connectivity index (χ3n) is 6.82. The molecule has 0 aromatic heterocycles. The number of carbonyl (C=O) groups is 2. The fourth-order valence-corrected chi connectivity index (χ4v) is 5.94. The number of hydrogen-bond acceptors (Lipinski definition) is 4. The van der Waals surface area contributed by atoms with E-state index in [0.29, 0.717) is 17.1 Å². The van der Waals surface area contributed by atoms with Gasteiger partial charge in [0.25, 0.3) is 10.0 Å². The summed E-state index contributed by atoms with van der Waals surface area (Å²) in [6, 6.07) is 18.0. The Balaban J connectivity index is 2.09. The summed E-state index contributed by atoms with van der Waals surface area (Å²) in [5, 5.41) is 3.38. The molecule has 3 rings (SSSR count). The van der Waals surface area contributed by atoms with Gasteiger partial charge in [-0.1, -0.05) is 54.4 Å². The average molecular weight is 598 g/mol. The van der Waals surface area contributed by atoms with Crippen molar-refractivity contribution in [3.63, 3.8) is 0 Å². The molecule has 3 aromatic rings. The Morgan fingerprint density at radius 3 is 2.05 bits per heavy atom. The molecule has 0 aliphatic heterocycles. The predicted octanol–water partition coefficient (Wildman–Crippen LogP) is 6.18. The molecule has 0 fully saturated rings. The molecule has 0 aliphatic rings. The van der Waals surface area contributed by atoms with Gasteiger partial charge in [-0.3, -0.25) is 13.9 Å². The van der Waals surface area contributed by atoms with Crippen molar-refractivity contribution in [1.82, 2.24) is 10.2 Å². The van der Waals surface area contributed by atoms with E-state index in [9.17, 15) is 18.0 Å². The molecular weight excluding hydrogens is 558 g/mol. The number of halogens is 1. The number of hydrogen-bond donors (Lipinski definition) is 1. The molecule has 0 aliphatic carbocycles. The summed E-state index contributed by atoms with van der Waals surface area (Å²) in [6.45, 7) is 12.9. The normalized spacial score (nSPS) is 12.5. The van der Waals surface area contributed by atoms with Crippen LogP contribution in [0.2, 0.25) is 5.02 Å². The van der Waals surface area contributed by atoms with Crippen molar-refractivity contribution < 1.29 is 18.0 Å². The van der Waals surface area contributed by atoms with Crippen molar-refractivity contribution in [3.8, 4) is 0 Å². The Kier molecular flexibility index (Phi) is 10.3. The number of sulfonamides is 1. The average Bonchev–Trinajstić information content (AvgIpc) is 2.89. The monoisotopic (exact) mass is 597 g/mol. The van der Waals surface area contributed by atoms with Gasteiger partial charge in [0.05, 0.1) is 10.6 Å². The van der Waals surface area contributed by atoms with Crippen LogP contribution in [0.4, 0.5) is 5.69 Å². The number of carbonyl (C=O) groups excluding carboxylic acids is 2. The lowest BCUT2D eigenvalue weighted by Gasteiger charge is -2.35. The van der Waals surface area contributed by atoms with Crippen molar-refractivity contribution >= 4 is 39.1 Å². The van der Waals surface area contributed by atoms with E-state index in [-0.39, 0.29) is 17.3 Å². The van der Waals surface area contributed by atoms with Crippen molar-refractivity contribution in [2.75, 3.05) is 10.8 Å². The zero-order valence-corrected chi connectivity index (χ0v) is 26.4. The topological polar surface area (TPSA) is 86.8 Å². The summed E-state index contributed by atoms with van der Waals surface area (Å²) in [7, 11) is -4.16. The lowest BCUT2D eigenvalue weighted by Crippen LogP contribution is -2.55. The van der Waals surface area contributed by atoms with Gasteiger partial charge in [-0.2, -0.15) is 0 Å². The highest BCUT2D eigenvalue weighted by Gasteiger charge is 2.34. The molecule has 7 nitrogen and oxygen atoms in total. The summed E-state index contributed by atoms with van der Waals surface area (Å²) in [5.74, 6) is -0.781. The van der Waals surface area contributed by atoms with E-state index in [0.717, 1.165) is 26.6 Å². The van der Waals surface area contributed by atoms with E-state index in [1.165, 1.54) is 29.2 Å². The smallest absolute Gasteiger partial charge is 0.264 e. The van der Waals surface area contributed by atoms with Gasteiger partial charge in [0.1, 0.15) is 12.6 Å². The molecule has 0 radical (unpaired) electrons. The first kappa shape index (κ1) is 32.2. The number of benzene rings is 3. The van der Waals surface area contributed by atoms with Crippen LogP contribution in [0.15, 0.2) is 71.6 Å². The van der Waals surface area contributed by atoms with Crippen LogP contribution in [0.3, 0.4) is 0 Å². The quantitative estimate of drug-likeness (QED) is 0.302. The Morgan fingerprint density at radius 1 is 0.902 bits per heavy atom. The van der Waals surface area contributed by atoms with E-state index in [1.54, 1.807) is 12.1 Å². The zero-order chi connectivity index (χ0) is 30.5. The van der Waals surface area contributed by atoms with E-state index in [2.05, 4.69) is 5.32 Å². The Hall–Kier alpha value is -3.36. The second-order valence-corrected chi connectivity index (χ2v) is 13.7. The largest absolute Gasteiger partial charge is 0.350 e. The summed E-state index contributed by atoms with van der Waals surface area (Å²) in [5.41, 5.74) is 3.64. The molecule has 1 N–H and O–H groups in total. The summed E-state index contributed by atoms with van der Waals surface area (Å²) >= 11 is 6.03. The number of aryl methyl sites for hydroxylation is 3. The first-order chi connectivity index (χ1) is 19.1. The van der Waals surface area contributed by atoms with Crippen LogP contribution in [0, 0.1) is 20.8 Å². The SMILES string of the molecule is CCC(C(=O)NC(C)(C)C)N(Cc1ccc(C)cc1)C(=O)CN(c1ccc(C)c(C)c1)S(=O)(=O)c1ccc(Cl)cc1. The predicted molar refractivity (Wildman–Crippen MR) is 166 cm³/mol. The number of rotatable bonds is 10. The van der Waals surface area contributed by atoms with Gasteiger partial charge in [-0.05, 0) is 101 Å². The second-order valence-electron chi connectivity index (χ2n) is 11.4. The van der Waals surface area contributed by atoms with Crippen LogP contribution in [0.25, 0.3) is 0 Å². The van der Waals surface area contributed by atoms with E-state index in [1.807, 2.05) is 78.8 Å². The molecule has 2 amide bonds. The second kappa shape index (κ2) is 13.1. The fourth-order valence-electron chi connectivity index (χ4n) is 4.41. The van der Waals surface area contributed by atoms with Gasteiger partial charge >= 0.3 is 0 Å². The molecule has 1 atom stereocenters. The van der Waals surface area contributed by atoms with E-state index < -0.39 is 34.1 Å². The highest BCUT2D eigenvalue weighted by Crippen LogP contribution is 2.27. The van der Waals surface area contributed by atoms with Gasteiger partial charge in [-0.25, -0.2) is 8.42 Å². The highest BCUT2D eigenvalue weighted by molar-refractivity contribution is 7.92. The third-order valence-corrected chi connectivity index (χ3v) is 8.86.